The largest absolute Gasteiger partial charge is 0.484 e. The van der Waals surface area contributed by atoms with E-state index in [-0.39, 0.29) is 41.9 Å². The number of hydrogen-bond acceptors (Lipinski definition) is 9. The second kappa shape index (κ2) is 11.8. The minimum Gasteiger partial charge on any atom is -0.484 e. The second-order valence-electron chi connectivity index (χ2n) is 6.33. The van der Waals surface area contributed by atoms with Crippen molar-refractivity contribution in [3.8, 4) is 5.75 Å². The van der Waals surface area contributed by atoms with Gasteiger partial charge in [-0.15, -0.1) is 11.3 Å². The van der Waals surface area contributed by atoms with Crippen LogP contribution in [0.4, 0.5) is 5.00 Å². The van der Waals surface area contributed by atoms with Crippen molar-refractivity contribution in [2.45, 2.75) is 13.8 Å². The summed E-state index contributed by atoms with van der Waals surface area (Å²) in [7, 11) is 1.46. The summed E-state index contributed by atoms with van der Waals surface area (Å²) in [6, 6.07) is 6.08. The summed E-state index contributed by atoms with van der Waals surface area (Å²) in [6.07, 6.45) is 0. The highest BCUT2D eigenvalue weighted by molar-refractivity contribution is 7.18. The summed E-state index contributed by atoms with van der Waals surface area (Å²) in [6.45, 7) is 3.34. The molecule has 1 aromatic heterocycles. The fourth-order valence-corrected chi connectivity index (χ4v) is 3.65. The molecule has 0 aliphatic carbocycles. The molecule has 2 rings (SSSR count). The Morgan fingerprint density at radius 3 is 2.31 bits per heavy atom. The van der Waals surface area contributed by atoms with Crippen LogP contribution < -0.4 is 15.8 Å². The Labute approximate surface area is 188 Å². The fraction of sp³-hybridized carbons (Fsp3) is 0.333. The van der Waals surface area contributed by atoms with Gasteiger partial charge in [-0.05, 0) is 43.7 Å². The number of primary amides is 1. The molecule has 0 spiro atoms. The number of nitrogens with one attached hydrogen (secondary N) is 1. The summed E-state index contributed by atoms with van der Waals surface area (Å²) in [5, 5.41) is 2.68. The number of rotatable bonds is 11. The number of benzene rings is 1. The van der Waals surface area contributed by atoms with Crippen LogP contribution in [-0.2, 0) is 19.0 Å². The molecular formula is C21H24N2O8S. The van der Waals surface area contributed by atoms with Crippen LogP contribution in [0, 0.1) is 6.92 Å². The maximum absolute atomic E-state index is 12.4. The van der Waals surface area contributed by atoms with Crippen LogP contribution in [0.15, 0.2) is 24.3 Å². The molecule has 0 aliphatic heterocycles. The topological polar surface area (TPSA) is 143 Å². The first-order valence-corrected chi connectivity index (χ1v) is 10.4. The van der Waals surface area contributed by atoms with Gasteiger partial charge in [0.25, 0.3) is 11.8 Å². The number of hydrogen-bond donors (Lipinski definition) is 2. The van der Waals surface area contributed by atoms with Crippen molar-refractivity contribution in [1.29, 1.82) is 0 Å². The minimum absolute atomic E-state index is 0.00875. The van der Waals surface area contributed by atoms with Crippen LogP contribution in [0.5, 0.6) is 5.75 Å². The van der Waals surface area contributed by atoms with Gasteiger partial charge in [0, 0.05) is 7.11 Å². The van der Waals surface area contributed by atoms with Crippen LogP contribution in [0.3, 0.4) is 0 Å². The molecule has 0 aliphatic rings. The molecule has 0 bridgehead atoms. The number of anilines is 1. The molecule has 0 radical (unpaired) electrons. The Bertz CT molecular complexity index is 984. The molecule has 2 aromatic rings. The van der Waals surface area contributed by atoms with Crippen molar-refractivity contribution in [3.63, 3.8) is 0 Å². The first-order chi connectivity index (χ1) is 15.3. The maximum atomic E-state index is 12.4. The van der Waals surface area contributed by atoms with Crippen molar-refractivity contribution in [2.75, 3.05) is 38.9 Å². The van der Waals surface area contributed by atoms with E-state index < -0.39 is 23.8 Å². The number of methoxy groups -OCH3 is 1. The van der Waals surface area contributed by atoms with Gasteiger partial charge in [0.05, 0.1) is 29.2 Å². The number of amides is 2. The molecule has 32 heavy (non-hydrogen) atoms. The van der Waals surface area contributed by atoms with E-state index in [4.69, 9.17) is 24.7 Å². The second-order valence-corrected chi connectivity index (χ2v) is 7.36. The van der Waals surface area contributed by atoms with E-state index in [2.05, 4.69) is 5.32 Å². The predicted molar refractivity (Wildman–Crippen MR) is 116 cm³/mol. The number of carbonyl (C=O) groups excluding carboxylic acids is 4. The summed E-state index contributed by atoms with van der Waals surface area (Å²) < 4.78 is 20.3. The SMILES string of the molecule is CCOC(=O)c1ccc(OCC(=O)Nc2sc(C(N)=O)c(C)c2C(=O)OCCOC)cc1. The molecule has 0 saturated heterocycles. The molecule has 11 heteroatoms. The average molecular weight is 464 g/mol. The summed E-state index contributed by atoms with van der Waals surface area (Å²) in [5.41, 5.74) is 6.08. The van der Waals surface area contributed by atoms with Gasteiger partial charge in [0.15, 0.2) is 6.61 Å². The van der Waals surface area contributed by atoms with E-state index >= 15 is 0 Å². The first kappa shape index (κ1) is 24.8. The van der Waals surface area contributed by atoms with Crippen LogP contribution in [0.2, 0.25) is 0 Å². The Kier molecular flexibility index (Phi) is 9.17. The van der Waals surface area contributed by atoms with Crippen molar-refractivity contribution in [2.24, 2.45) is 5.73 Å². The zero-order chi connectivity index (χ0) is 23.7. The number of carbonyl (C=O) groups is 4. The smallest absolute Gasteiger partial charge is 0.341 e. The van der Waals surface area contributed by atoms with Gasteiger partial charge in [0.1, 0.15) is 17.4 Å². The van der Waals surface area contributed by atoms with E-state index in [1.54, 1.807) is 13.8 Å². The van der Waals surface area contributed by atoms with E-state index in [9.17, 15) is 19.2 Å². The monoisotopic (exact) mass is 464 g/mol. The van der Waals surface area contributed by atoms with Crippen LogP contribution in [0.25, 0.3) is 0 Å². The highest BCUT2D eigenvalue weighted by atomic mass is 32.1. The zero-order valence-electron chi connectivity index (χ0n) is 17.9. The highest BCUT2D eigenvalue weighted by Gasteiger charge is 2.26. The maximum Gasteiger partial charge on any atom is 0.341 e. The molecule has 172 valence electrons. The van der Waals surface area contributed by atoms with Gasteiger partial charge in [0.2, 0.25) is 0 Å². The normalized spacial score (nSPS) is 10.3. The lowest BCUT2D eigenvalue weighted by Crippen LogP contribution is -2.21. The Hall–Kier alpha value is -3.44. The van der Waals surface area contributed by atoms with Crippen molar-refractivity contribution in [3.05, 3.63) is 45.8 Å². The van der Waals surface area contributed by atoms with Gasteiger partial charge in [-0.3, -0.25) is 9.59 Å². The number of esters is 2. The van der Waals surface area contributed by atoms with E-state index in [0.29, 0.717) is 16.9 Å². The lowest BCUT2D eigenvalue weighted by atomic mass is 10.1. The quantitative estimate of drug-likeness (QED) is 0.380. The first-order valence-electron chi connectivity index (χ1n) is 9.57. The number of nitrogens with two attached hydrogens (primary N) is 1. The molecule has 3 N–H and O–H groups in total. The zero-order valence-corrected chi connectivity index (χ0v) is 18.7. The molecule has 0 atom stereocenters. The lowest BCUT2D eigenvalue weighted by Gasteiger charge is -2.09. The lowest BCUT2D eigenvalue weighted by molar-refractivity contribution is -0.118. The Morgan fingerprint density at radius 2 is 1.72 bits per heavy atom. The van der Waals surface area contributed by atoms with Crippen LogP contribution in [0.1, 0.15) is 42.9 Å². The van der Waals surface area contributed by atoms with Crippen LogP contribution >= 0.6 is 11.3 Å². The molecule has 1 aromatic carbocycles. The summed E-state index contributed by atoms with van der Waals surface area (Å²) >= 11 is 0.876. The Morgan fingerprint density at radius 1 is 1.03 bits per heavy atom. The van der Waals surface area contributed by atoms with E-state index in [1.165, 1.54) is 31.4 Å². The molecule has 0 unspecified atom stereocenters. The molecule has 2 amide bonds. The number of ether oxygens (including phenoxy) is 4. The number of thiophene rings is 1. The van der Waals surface area contributed by atoms with Crippen LogP contribution in [-0.4, -0.2) is 57.3 Å². The summed E-state index contributed by atoms with van der Waals surface area (Å²) in [4.78, 5) is 48.3. The third-order valence-corrected chi connectivity index (χ3v) is 5.31. The van der Waals surface area contributed by atoms with Crippen molar-refractivity contribution >= 4 is 40.1 Å². The average Bonchev–Trinajstić information content (AvgIpc) is 3.09. The van der Waals surface area contributed by atoms with Gasteiger partial charge in [-0.1, -0.05) is 0 Å². The third-order valence-electron chi connectivity index (χ3n) is 4.08. The van der Waals surface area contributed by atoms with Gasteiger partial charge >= 0.3 is 11.9 Å². The third kappa shape index (κ3) is 6.53. The standard InChI is InChI=1S/C21H24N2O8S/c1-4-29-20(26)13-5-7-14(8-6-13)31-11-15(24)23-19-16(21(27)30-10-9-28-3)12(2)17(32-19)18(22)25/h5-8H,4,9-11H2,1-3H3,(H2,22,25)(H,23,24). The van der Waals surface area contributed by atoms with Crippen molar-refractivity contribution in [1.82, 2.24) is 0 Å². The Balaban J connectivity index is 2.07. The minimum atomic E-state index is -0.725. The molecule has 1 heterocycles. The van der Waals surface area contributed by atoms with E-state index in [0.717, 1.165) is 11.3 Å². The summed E-state index contributed by atoms with van der Waals surface area (Å²) in [5.74, 6) is -2.11. The highest BCUT2D eigenvalue weighted by Crippen LogP contribution is 2.33. The van der Waals surface area contributed by atoms with Gasteiger partial charge < -0.3 is 30.0 Å². The van der Waals surface area contributed by atoms with Gasteiger partial charge in [-0.2, -0.15) is 0 Å². The molecule has 10 nitrogen and oxygen atoms in total. The fourth-order valence-electron chi connectivity index (χ4n) is 2.59. The van der Waals surface area contributed by atoms with E-state index in [1.807, 2.05) is 0 Å². The van der Waals surface area contributed by atoms with Gasteiger partial charge in [-0.25, -0.2) is 9.59 Å². The van der Waals surface area contributed by atoms with Crippen molar-refractivity contribution < 1.29 is 38.1 Å². The molecule has 0 fully saturated rings. The predicted octanol–water partition coefficient (Wildman–Crippen LogP) is 2.15. The molecule has 0 saturated carbocycles. The molecular weight excluding hydrogens is 440 g/mol.